The molecule has 0 bridgehead atoms. The summed E-state index contributed by atoms with van der Waals surface area (Å²) in [5, 5.41) is 8.39. The number of aromatic nitrogens is 2. The van der Waals surface area contributed by atoms with Crippen LogP contribution < -0.4 is 20.9 Å². The van der Waals surface area contributed by atoms with Crippen molar-refractivity contribution in [1.29, 1.82) is 0 Å². The van der Waals surface area contributed by atoms with Gasteiger partial charge in [0.25, 0.3) is 0 Å². The summed E-state index contributed by atoms with van der Waals surface area (Å²) in [7, 11) is -0.0230. The highest BCUT2D eigenvalue weighted by atomic mass is 32.2. The van der Waals surface area contributed by atoms with E-state index in [1.165, 1.54) is 25.2 Å². The molecule has 1 aromatic carbocycles. The molecular weight excluding hydrogens is 428 g/mol. The van der Waals surface area contributed by atoms with Gasteiger partial charge in [-0.05, 0) is 36.9 Å². The van der Waals surface area contributed by atoms with Gasteiger partial charge in [-0.15, -0.1) is 0 Å². The van der Waals surface area contributed by atoms with E-state index in [0.717, 1.165) is 35.3 Å². The number of anilines is 1. The Morgan fingerprint density at radius 1 is 0.969 bits per heavy atom. The van der Waals surface area contributed by atoms with Crippen LogP contribution in [0, 0.1) is 0 Å². The molecule has 1 fully saturated rings. The van der Waals surface area contributed by atoms with E-state index in [1.54, 1.807) is 37.7 Å². The van der Waals surface area contributed by atoms with Gasteiger partial charge in [-0.25, -0.2) is 23.5 Å². The zero-order chi connectivity index (χ0) is 23.1. The lowest BCUT2D eigenvalue weighted by molar-refractivity contribution is 0.291. The molecule has 0 aliphatic carbocycles. The quantitative estimate of drug-likeness (QED) is 0.538. The summed E-state index contributed by atoms with van der Waals surface area (Å²) >= 11 is 0. The molecule has 0 radical (unpaired) electrons. The molecule has 32 heavy (non-hydrogen) atoms. The van der Waals surface area contributed by atoms with Crippen LogP contribution in [0.25, 0.3) is 22.3 Å². The minimum Gasteiger partial charge on any atom is -0.481 e. The largest absolute Gasteiger partial charge is 0.481 e. The van der Waals surface area contributed by atoms with E-state index in [4.69, 9.17) is 15.6 Å². The maximum absolute atomic E-state index is 11.3. The highest BCUT2D eigenvalue weighted by Gasteiger charge is 2.10. The normalized spacial score (nSPS) is 14.3. The topological polar surface area (TPSA) is 136 Å². The number of primary sulfonamides is 1. The molecule has 3 aromatic rings. The number of likely N-dealkylation sites (N-methyl/N-ethyl adjacent to an activating group) is 1. The predicted molar refractivity (Wildman–Crippen MR) is 126 cm³/mol. The van der Waals surface area contributed by atoms with Gasteiger partial charge in [-0.2, -0.15) is 0 Å². The van der Waals surface area contributed by atoms with Gasteiger partial charge in [0, 0.05) is 61.3 Å². The molecule has 170 valence electrons. The summed E-state index contributed by atoms with van der Waals surface area (Å²) < 4.78 is 27.7. The Labute approximate surface area is 188 Å². The van der Waals surface area contributed by atoms with E-state index in [0.29, 0.717) is 11.7 Å². The first-order valence-corrected chi connectivity index (χ1v) is 11.6. The first kappa shape index (κ1) is 23.6. The van der Waals surface area contributed by atoms with Crippen molar-refractivity contribution in [2.24, 2.45) is 5.14 Å². The van der Waals surface area contributed by atoms with Crippen LogP contribution in [-0.2, 0) is 10.0 Å². The number of nitrogen functional groups attached to an aromatic ring is 1. The Morgan fingerprint density at radius 3 is 2.09 bits per heavy atom. The summed E-state index contributed by atoms with van der Waals surface area (Å²) in [4.78, 5) is 10.8. The van der Waals surface area contributed by atoms with Crippen LogP contribution in [0.15, 0.2) is 59.8 Å². The zero-order valence-electron chi connectivity index (χ0n) is 18.2. The van der Waals surface area contributed by atoms with E-state index in [9.17, 15) is 8.42 Å². The van der Waals surface area contributed by atoms with Crippen LogP contribution >= 0.6 is 0 Å². The number of ether oxygens (including phenoxy) is 1. The molecule has 1 aliphatic rings. The van der Waals surface area contributed by atoms with Crippen molar-refractivity contribution in [3.63, 3.8) is 0 Å². The second-order valence-electron chi connectivity index (χ2n) is 7.37. The summed E-state index contributed by atoms with van der Waals surface area (Å²) in [6, 6.07) is 11.7. The molecule has 5 N–H and O–H groups in total. The van der Waals surface area contributed by atoms with Gasteiger partial charge in [0.05, 0.1) is 12.0 Å². The molecule has 0 amide bonds. The van der Waals surface area contributed by atoms with Gasteiger partial charge in [0.15, 0.2) is 0 Å². The maximum atomic E-state index is 11.3. The lowest BCUT2D eigenvalue weighted by Crippen LogP contribution is -2.40. The summed E-state index contributed by atoms with van der Waals surface area (Å²) in [5.41, 5.74) is 9.10. The van der Waals surface area contributed by atoms with Crippen LogP contribution in [0.2, 0.25) is 0 Å². The third-order valence-corrected chi connectivity index (χ3v) is 5.96. The van der Waals surface area contributed by atoms with Crippen LogP contribution in [0.4, 0.5) is 5.82 Å². The van der Waals surface area contributed by atoms with Crippen LogP contribution in [0.1, 0.15) is 0 Å². The fourth-order valence-corrected chi connectivity index (χ4v) is 3.65. The average molecular weight is 457 g/mol. The number of nitrogens with zero attached hydrogens (tertiary/aromatic N) is 3. The second-order valence-corrected chi connectivity index (χ2v) is 8.93. The number of nitrogens with two attached hydrogens (primary N) is 2. The third-order valence-electron chi connectivity index (χ3n) is 5.03. The SMILES string of the molecule is CN1CCNCC1.COc1ccc(-c2cc(-c3ccc(S(N)(=O)=O)cc3)cnc2N)cn1. The number of sulfonamides is 1. The average Bonchev–Trinajstić information content (AvgIpc) is 2.80. The molecule has 1 saturated heterocycles. The van der Waals surface area contributed by atoms with Crippen molar-refractivity contribution in [1.82, 2.24) is 20.2 Å². The molecule has 3 heterocycles. The number of rotatable bonds is 4. The fraction of sp³-hybridized carbons (Fsp3) is 0.273. The van der Waals surface area contributed by atoms with Gasteiger partial charge < -0.3 is 20.7 Å². The standard InChI is InChI=1S/C17H16N4O3S.C5H12N2/c1-24-16-7-4-12(9-20-16)15-8-13(10-21-17(15)18)11-2-5-14(6-3-11)25(19,22)23;1-7-4-2-6-3-5-7/h2-10H,1H3,(H2,18,21)(H2,19,22,23);6H,2-5H2,1H3. The lowest BCUT2D eigenvalue weighted by Gasteiger charge is -2.21. The molecule has 9 nitrogen and oxygen atoms in total. The summed E-state index contributed by atoms with van der Waals surface area (Å²) in [6.07, 6.45) is 3.28. The first-order chi connectivity index (χ1) is 15.3. The minimum absolute atomic E-state index is 0.0548. The molecule has 4 rings (SSSR count). The molecule has 10 heteroatoms. The number of nitrogens with one attached hydrogen (secondary N) is 1. The number of methoxy groups -OCH3 is 1. The molecular formula is C22H28N6O3S. The van der Waals surface area contributed by atoms with E-state index in [-0.39, 0.29) is 4.90 Å². The van der Waals surface area contributed by atoms with Crippen molar-refractivity contribution >= 4 is 15.8 Å². The van der Waals surface area contributed by atoms with Crippen molar-refractivity contribution in [3.05, 3.63) is 54.9 Å². The van der Waals surface area contributed by atoms with Crippen molar-refractivity contribution < 1.29 is 13.2 Å². The number of benzene rings is 1. The Balaban J connectivity index is 0.000000352. The van der Waals surface area contributed by atoms with Crippen molar-refractivity contribution in [2.45, 2.75) is 4.90 Å². The molecule has 0 unspecified atom stereocenters. The number of pyridine rings is 2. The smallest absolute Gasteiger partial charge is 0.238 e. The number of hydrogen-bond acceptors (Lipinski definition) is 8. The predicted octanol–water partition coefficient (Wildman–Crippen LogP) is 1.57. The Bertz CT molecular complexity index is 1130. The lowest BCUT2D eigenvalue weighted by atomic mass is 10.0. The Hall–Kier alpha value is -3.05. The van der Waals surface area contributed by atoms with Crippen molar-refractivity contribution in [3.8, 4) is 28.1 Å². The van der Waals surface area contributed by atoms with Crippen LogP contribution in [0.3, 0.4) is 0 Å². The number of hydrogen-bond donors (Lipinski definition) is 3. The summed E-state index contributed by atoms with van der Waals surface area (Å²) in [5.74, 6) is 0.877. The summed E-state index contributed by atoms with van der Waals surface area (Å²) in [6.45, 7) is 4.74. The zero-order valence-corrected chi connectivity index (χ0v) is 19.0. The van der Waals surface area contributed by atoms with Gasteiger partial charge in [-0.1, -0.05) is 12.1 Å². The van der Waals surface area contributed by atoms with E-state index in [2.05, 4.69) is 27.2 Å². The second kappa shape index (κ2) is 10.5. The first-order valence-electron chi connectivity index (χ1n) is 10.1. The third kappa shape index (κ3) is 6.24. The van der Waals surface area contributed by atoms with E-state index in [1.807, 2.05) is 12.1 Å². The van der Waals surface area contributed by atoms with Crippen LogP contribution in [-0.4, -0.2) is 63.6 Å². The van der Waals surface area contributed by atoms with Gasteiger partial charge in [-0.3, -0.25) is 0 Å². The van der Waals surface area contributed by atoms with Crippen molar-refractivity contribution in [2.75, 3.05) is 46.1 Å². The van der Waals surface area contributed by atoms with E-state index >= 15 is 0 Å². The van der Waals surface area contributed by atoms with Gasteiger partial charge in [0.1, 0.15) is 5.82 Å². The van der Waals surface area contributed by atoms with Gasteiger partial charge >= 0.3 is 0 Å². The molecule has 1 aliphatic heterocycles. The number of piperazine rings is 1. The highest BCUT2D eigenvalue weighted by molar-refractivity contribution is 7.89. The van der Waals surface area contributed by atoms with E-state index < -0.39 is 10.0 Å². The van der Waals surface area contributed by atoms with Crippen LogP contribution in [0.5, 0.6) is 5.88 Å². The minimum atomic E-state index is -3.72. The fourth-order valence-electron chi connectivity index (χ4n) is 3.14. The molecule has 0 atom stereocenters. The monoisotopic (exact) mass is 456 g/mol. The molecule has 2 aromatic heterocycles. The Kier molecular flexibility index (Phi) is 7.75. The van der Waals surface area contributed by atoms with Gasteiger partial charge in [0.2, 0.25) is 15.9 Å². The molecule has 0 saturated carbocycles. The molecule has 0 spiro atoms. The highest BCUT2D eigenvalue weighted by Crippen LogP contribution is 2.30. The Morgan fingerprint density at radius 2 is 1.59 bits per heavy atom. The maximum Gasteiger partial charge on any atom is 0.238 e.